The first-order valence-electron chi connectivity index (χ1n) is 5.98. The summed E-state index contributed by atoms with van der Waals surface area (Å²) < 4.78 is 1.45. The monoisotopic (exact) mass is 274 g/mol. The average molecular weight is 275 g/mol. The maximum Gasteiger partial charge on any atom is 0.244 e. The number of nitrogens with two attached hydrogens (primary N) is 1. The summed E-state index contributed by atoms with van der Waals surface area (Å²) in [6, 6.07) is 0. The number of piperidine rings is 1. The maximum absolute atomic E-state index is 12.0. The number of rotatable bonds is 4. The molecule has 0 aromatic carbocycles. The third kappa shape index (κ3) is 3.92. The second-order valence-electron chi connectivity index (χ2n) is 4.43. The zero-order valence-electron chi connectivity index (χ0n) is 10.2. The molecule has 0 spiro atoms. The summed E-state index contributed by atoms with van der Waals surface area (Å²) in [5, 5.41) is 10.7. The number of carbonyl (C=O) groups excluding carboxylic acids is 1. The van der Waals surface area contributed by atoms with Crippen molar-refractivity contribution in [3.8, 4) is 0 Å². The zero-order chi connectivity index (χ0) is 12.1. The first kappa shape index (κ1) is 14.8. The van der Waals surface area contributed by atoms with Gasteiger partial charge in [0.05, 0.1) is 0 Å². The number of carbonyl (C=O) groups is 1. The topological polar surface area (TPSA) is 89.9 Å². The van der Waals surface area contributed by atoms with Crippen molar-refractivity contribution >= 4 is 18.3 Å². The lowest BCUT2D eigenvalue weighted by Crippen LogP contribution is -2.42. The van der Waals surface area contributed by atoms with Gasteiger partial charge in [-0.1, -0.05) is 0 Å². The van der Waals surface area contributed by atoms with E-state index in [-0.39, 0.29) is 24.9 Å². The normalized spacial score (nSPS) is 19.4. The minimum Gasteiger partial charge on any atom is -0.341 e. The smallest absolute Gasteiger partial charge is 0.244 e. The van der Waals surface area contributed by atoms with Crippen molar-refractivity contribution in [1.82, 2.24) is 25.1 Å². The SMILES string of the molecule is Cl.NCCC1CCCN(C(=O)Cn2cnnn2)C1. The second kappa shape index (κ2) is 7.27. The molecule has 1 amide bonds. The fraction of sp³-hybridized carbons (Fsp3) is 0.800. The Balaban J connectivity index is 0.00000162. The number of likely N-dealkylation sites (tertiary alicyclic amines) is 1. The largest absolute Gasteiger partial charge is 0.341 e. The Morgan fingerprint density at radius 2 is 2.33 bits per heavy atom. The van der Waals surface area contributed by atoms with E-state index in [9.17, 15) is 4.79 Å². The molecular formula is C10H19ClN6O. The van der Waals surface area contributed by atoms with E-state index in [0.717, 1.165) is 25.9 Å². The average Bonchev–Trinajstić information content (AvgIpc) is 2.83. The number of halogens is 1. The van der Waals surface area contributed by atoms with Crippen LogP contribution in [0.25, 0.3) is 0 Å². The van der Waals surface area contributed by atoms with Crippen LogP contribution in [0.15, 0.2) is 6.33 Å². The summed E-state index contributed by atoms with van der Waals surface area (Å²) in [6.45, 7) is 2.57. The van der Waals surface area contributed by atoms with E-state index in [1.54, 1.807) is 0 Å². The van der Waals surface area contributed by atoms with Crippen LogP contribution in [0.2, 0.25) is 0 Å². The molecule has 1 fully saturated rings. The maximum atomic E-state index is 12.0. The molecular weight excluding hydrogens is 256 g/mol. The first-order chi connectivity index (χ1) is 8.29. The molecule has 7 nitrogen and oxygen atoms in total. The Kier molecular flexibility index (Phi) is 6.00. The molecule has 2 heterocycles. The van der Waals surface area contributed by atoms with Crippen LogP contribution in [0.3, 0.4) is 0 Å². The Morgan fingerprint density at radius 3 is 3.00 bits per heavy atom. The lowest BCUT2D eigenvalue weighted by Gasteiger charge is -2.32. The fourth-order valence-corrected chi connectivity index (χ4v) is 2.25. The molecule has 1 atom stereocenters. The van der Waals surface area contributed by atoms with Crippen LogP contribution in [0.4, 0.5) is 0 Å². The van der Waals surface area contributed by atoms with Gasteiger partial charge in [-0.2, -0.15) is 0 Å². The highest BCUT2D eigenvalue weighted by Crippen LogP contribution is 2.19. The van der Waals surface area contributed by atoms with Crippen LogP contribution in [0, 0.1) is 5.92 Å². The fourth-order valence-electron chi connectivity index (χ4n) is 2.25. The standard InChI is InChI=1S/C10H18N6O.ClH/c11-4-3-9-2-1-5-15(6-9)10(17)7-16-8-12-13-14-16;/h8-9H,1-7,11H2;1H. The number of aromatic nitrogens is 4. The number of amides is 1. The Labute approximate surface area is 112 Å². The van der Waals surface area contributed by atoms with E-state index in [1.807, 2.05) is 4.90 Å². The highest BCUT2D eigenvalue weighted by molar-refractivity contribution is 5.85. The molecule has 1 aliphatic rings. The van der Waals surface area contributed by atoms with E-state index in [4.69, 9.17) is 5.73 Å². The summed E-state index contributed by atoms with van der Waals surface area (Å²) in [6.07, 6.45) is 4.69. The summed E-state index contributed by atoms with van der Waals surface area (Å²) >= 11 is 0. The molecule has 0 aliphatic carbocycles. The summed E-state index contributed by atoms with van der Waals surface area (Å²) in [5.74, 6) is 0.630. The van der Waals surface area contributed by atoms with E-state index in [0.29, 0.717) is 12.5 Å². The minimum atomic E-state index is 0. The Morgan fingerprint density at radius 1 is 1.50 bits per heavy atom. The molecule has 1 aliphatic heterocycles. The summed E-state index contributed by atoms with van der Waals surface area (Å²) in [4.78, 5) is 13.9. The predicted molar refractivity (Wildman–Crippen MR) is 68.0 cm³/mol. The third-order valence-electron chi connectivity index (χ3n) is 3.14. The van der Waals surface area contributed by atoms with Gasteiger partial charge in [0.25, 0.3) is 0 Å². The second-order valence-corrected chi connectivity index (χ2v) is 4.43. The van der Waals surface area contributed by atoms with Crippen LogP contribution in [0.1, 0.15) is 19.3 Å². The molecule has 8 heteroatoms. The van der Waals surface area contributed by atoms with Crippen LogP contribution >= 0.6 is 12.4 Å². The summed E-state index contributed by atoms with van der Waals surface area (Å²) in [7, 11) is 0. The lowest BCUT2D eigenvalue weighted by atomic mass is 9.95. The molecule has 0 bridgehead atoms. The first-order valence-corrected chi connectivity index (χ1v) is 5.98. The number of hydrogen-bond acceptors (Lipinski definition) is 5. The van der Waals surface area contributed by atoms with Crippen molar-refractivity contribution in [3.05, 3.63) is 6.33 Å². The van der Waals surface area contributed by atoms with E-state index in [1.165, 1.54) is 17.4 Å². The van der Waals surface area contributed by atoms with Crippen molar-refractivity contribution in [1.29, 1.82) is 0 Å². The molecule has 0 radical (unpaired) electrons. The molecule has 0 saturated carbocycles. The molecule has 1 unspecified atom stereocenters. The van der Waals surface area contributed by atoms with Crippen LogP contribution in [0.5, 0.6) is 0 Å². The third-order valence-corrected chi connectivity index (χ3v) is 3.14. The van der Waals surface area contributed by atoms with Crippen molar-refractivity contribution in [3.63, 3.8) is 0 Å². The van der Waals surface area contributed by atoms with Crippen molar-refractivity contribution in [2.45, 2.75) is 25.8 Å². The van der Waals surface area contributed by atoms with Gasteiger partial charge in [0.2, 0.25) is 5.91 Å². The van der Waals surface area contributed by atoms with Gasteiger partial charge < -0.3 is 10.6 Å². The van der Waals surface area contributed by atoms with Gasteiger partial charge in [-0.25, -0.2) is 4.68 Å². The quantitative estimate of drug-likeness (QED) is 0.813. The predicted octanol–water partition coefficient (Wildman–Crippen LogP) is -0.318. The summed E-state index contributed by atoms with van der Waals surface area (Å²) in [5.41, 5.74) is 5.56. The highest BCUT2D eigenvalue weighted by atomic mass is 35.5. The number of nitrogens with zero attached hydrogens (tertiary/aromatic N) is 5. The molecule has 18 heavy (non-hydrogen) atoms. The number of tetrazole rings is 1. The Bertz CT molecular complexity index is 355. The molecule has 1 aromatic heterocycles. The molecule has 2 N–H and O–H groups in total. The van der Waals surface area contributed by atoms with Crippen LogP contribution < -0.4 is 5.73 Å². The van der Waals surface area contributed by atoms with Crippen LogP contribution in [-0.2, 0) is 11.3 Å². The van der Waals surface area contributed by atoms with Crippen LogP contribution in [-0.4, -0.2) is 50.6 Å². The molecule has 1 saturated heterocycles. The highest BCUT2D eigenvalue weighted by Gasteiger charge is 2.23. The molecule has 1 aromatic rings. The van der Waals surface area contributed by atoms with Gasteiger partial charge in [-0.05, 0) is 42.2 Å². The van der Waals surface area contributed by atoms with Crippen molar-refractivity contribution < 1.29 is 4.79 Å². The van der Waals surface area contributed by atoms with E-state index < -0.39 is 0 Å². The van der Waals surface area contributed by atoms with Gasteiger partial charge in [-0.15, -0.1) is 17.5 Å². The van der Waals surface area contributed by atoms with Gasteiger partial charge >= 0.3 is 0 Å². The molecule has 102 valence electrons. The molecule has 2 rings (SSSR count). The van der Waals surface area contributed by atoms with Gasteiger partial charge in [0, 0.05) is 13.1 Å². The van der Waals surface area contributed by atoms with Gasteiger partial charge in [0.1, 0.15) is 12.9 Å². The van der Waals surface area contributed by atoms with Crippen molar-refractivity contribution in [2.24, 2.45) is 11.7 Å². The van der Waals surface area contributed by atoms with E-state index >= 15 is 0 Å². The van der Waals surface area contributed by atoms with Gasteiger partial charge in [0.15, 0.2) is 0 Å². The number of hydrogen-bond donors (Lipinski definition) is 1. The van der Waals surface area contributed by atoms with Crippen molar-refractivity contribution in [2.75, 3.05) is 19.6 Å². The zero-order valence-corrected chi connectivity index (χ0v) is 11.1. The minimum absolute atomic E-state index is 0. The van der Waals surface area contributed by atoms with E-state index in [2.05, 4.69) is 15.5 Å². The Hall–Kier alpha value is -1.21. The van der Waals surface area contributed by atoms with Gasteiger partial charge in [-0.3, -0.25) is 4.79 Å². The lowest BCUT2D eigenvalue weighted by molar-refractivity contribution is -0.133.